The maximum atomic E-state index is 15.1. The van der Waals surface area contributed by atoms with Gasteiger partial charge >= 0.3 is 5.97 Å². The van der Waals surface area contributed by atoms with Crippen molar-refractivity contribution in [2.75, 3.05) is 25.0 Å². The van der Waals surface area contributed by atoms with Crippen LogP contribution >= 0.6 is 0 Å². The number of nitrogens with zero attached hydrogens (tertiary/aromatic N) is 3. The molecule has 1 fully saturated rings. The first kappa shape index (κ1) is 20.4. The molecule has 3 aliphatic rings. The van der Waals surface area contributed by atoms with Crippen molar-refractivity contribution in [1.82, 2.24) is 14.9 Å². The SMILES string of the molecule is CN1Cc2c(C3=CCN(C4CC(C(=O)O)C4)CC3)[nH]c3ncc(F)c(c23)-c2cc(F)ccc21. The van der Waals surface area contributed by atoms with E-state index in [-0.39, 0.29) is 5.92 Å². The fraction of sp³-hybridized carbons (Fsp3) is 0.360. The number of benzene rings is 1. The number of carbonyl (C=O) groups is 1. The number of aromatic nitrogens is 2. The molecule has 0 unspecified atom stereocenters. The first-order valence-corrected chi connectivity index (χ1v) is 11.3. The van der Waals surface area contributed by atoms with E-state index in [0.717, 1.165) is 42.0 Å². The third-order valence-corrected chi connectivity index (χ3v) is 7.45. The maximum absolute atomic E-state index is 15.1. The van der Waals surface area contributed by atoms with E-state index >= 15 is 4.39 Å². The molecule has 3 aromatic rings. The molecule has 2 N–H and O–H groups in total. The van der Waals surface area contributed by atoms with Crippen molar-refractivity contribution in [1.29, 1.82) is 0 Å². The number of carboxylic acid groups (broad SMARTS) is 1. The Morgan fingerprint density at radius 3 is 2.82 bits per heavy atom. The maximum Gasteiger partial charge on any atom is 0.306 e. The van der Waals surface area contributed by atoms with Crippen molar-refractivity contribution in [3.8, 4) is 11.1 Å². The Morgan fingerprint density at radius 2 is 2.09 bits per heavy atom. The van der Waals surface area contributed by atoms with Gasteiger partial charge in [-0.3, -0.25) is 9.69 Å². The van der Waals surface area contributed by atoms with Crippen LogP contribution in [0.5, 0.6) is 0 Å². The predicted molar refractivity (Wildman–Crippen MR) is 122 cm³/mol. The van der Waals surface area contributed by atoms with E-state index in [1.807, 2.05) is 11.9 Å². The first-order chi connectivity index (χ1) is 15.9. The highest BCUT2D eigenvalue weighted by molar-refractivity contribution is 6.03. The minimum atomic E-state index is -0.701. The third kappa shape index (κ3) is 3.15. The molecule has 1 saturated carbocycles. The van der Waals surface area contributed by atoms with Gasteiger partial charge < -0.3 is 15.0 Å². The summed E-state index contributed by atoms with van der Waals surface area (Å²) in [5.41, 5.74) is 5.41. The summed E-state index contributed by atoms with van der Waals surface area (Å²) < 4.78 is 29.2. The quantitative estimate of drug-likeness (QED) is 0.619. The highest BCUT2D eigenvalue weighted by Crippen LogP contribution is 2.44. The van der Waals surface area contributed by atoms with Gasteiger partial charge in [0.15, 0.2) is 0 Å². The summed E-state index contributed by atoms with van der Waals surface area (Å²) in [4.78, 5) is 23.2. The number of aromatic amines is 1. The lowest BCUT2D eigenvalue weighted by Gasteiger charge is -2.42. The van der Waals surface area contributed by atoms with E-state index in [2.05, 4.69) is 20.9 Å². The summed E-state index contributed by atoms with van der Waals surface area (Å²) >= 11 is 0. The minimum Gasteiger partial charge on any atom is -0.481 e. The number of fused-ring (bicyclic) bond motifs is 2. The van der Waals surface area contributed by atoms with Crippen LogP contribution in [0.3, 0.4) is 0 Å². The number of rotatable bonds is 3. The molecule has 4 heterocycles. The molecule has 0 bridgehead atoms. The second-order valence-corrected chi connectivity index (χ2v) is 9.34. The molecule has 2 aliphatic heterocycles. The number of pyridine rings is 1. The Hall–Kier alpha value is -3.26. The molecular weight excluding hydrogens is 426 g/mol. The van der Waals surface area contributed by atoms with Gasteiger partial charge in [0.2, 0.25) is 0 Å². The number of hydrogen-bond donors (Lipinski definition) is 2. The van der Waals surface area contributed by atoms with Gasteiger partial charge in [-0.2, -0.15) is 0 Å². The Bertz CT molecular complexity index is 1330. The monoisotopic (exact) mass is 450 g/mol. The Morgan fingerprint density at radius 1 is 1.27 bits per heavy atom. The molecule has 6 nitrogen and oxygen atoms in total. The molecule has 0 saturated heterocycles. The number of nitrogens with one attached hydrogen (secondary N) is 1. The second-order valence-electron chi connectivity index (χ2n) is 9.34. The Balaban J connectivity index is 1.39. The largest absolute Gasteiger partial charge is 0.481 e. The minimum absolute atomic E-state index is 0.219. The molecule has 0 radical (unpaired) electrons. The van der Waals surface area contributed by atoms with E-state index in [1.165, 1.54) is 18.3 Å². The number of anilines is 1. The van der Waals surface area contributed by atoms with Crippen molar-refractivity contribution >= 4 is 28.3 Å². The van der Waals surface area contributed by atoms with Gasteiger partial charge in [-0.15, -0.1) is 0 Å². The normalized spacial score (nSPS) is 22.5. The number of halogens is 2. The number of hydrogen-bond acceptors (Lipinski definition) is 4. The standard InChI is InChI=1S/C25H24F2N4O2/c1-30-12-18-22-21(17-10-15(26)2-3-20(17)30)19(27)11-28-24(22)29-23(18)13-4-6-31(7-5-13)16-8-14(9-16)25(32)33/h2-4,10-11,14,16H,5-9,12H2,1H3,(H,28,29)(H,32,33). The number of carboxylic acids is 1. The van der Waals surface area contributed by atoms with Crippen molar-refractivity contribution < 1.29 is 18.7 Å². The molecule has 1 aliphatic carbocycles. The topological polar surface area (TPSA) is 72.5 Å². The molecule has 33 heavy (non-hydrogen) atoms. The average Bonchev–Trinajstić information content (AvgIpc) is 3.04. The van der Waals surface area contributed by atoms with Crippen LogP contribution in [0.2, 0.25) is 0 Å². The smallest absolute Gasteiger partial charge is 0.306 e. The van der Waals surface area contributed by atoms with E-state index in [9.17, 15) is 9.18 Å². The molecule has 2 aromatic heterocycles. The summed E-state index contributed by atoms with van der Waals surface area (Å²) in [5.74, 6) is -1.78. The molecular formula is C25H24F2N4O2. The van der Waals surface area contributed by atoms with Gasteiger partial charge in [-0.1, -0.05) is 6.08 Å². The van der Waals surface area contributed by atoms with Crippen LogP contribution in [0.4, 0.5) is 14.5 Å². The second kappa shape index (κ2) is 7.38. The van der Waals surface area contributed by atoms with Crippen LogP contribution in [-0.2, 0) is 11.3 Å². The van der Waals surface area contributed by atoms with Gasteiger partial charge in [0.05, 0.1) is 12.1 Å². The molecule has 6 rings (SSSR count). The van der Waals surface area contributed by atoms with E-state index in [0.29, 0.717) is 47.6 Å². The Labute approximate surface area is 189 Å². The van der Waals surface area contributed by atoms with Crippen molar-refractivity contribution in [3.05, 3.63) is 53.4 Å². The summed E-state index contributed by atoms with van der Waals surface area (Å²) in [5, 5.41) is 9.86. The van der Waals surface area contributed by atoms with Gasteiger partial charge in [-0.05, 0) is 43.0 Å². The number of aliphatic carboxylic acids is 1. The zero-order valence-electron chi connectivity index (χ0n) is 18.2. The van der Waals surface area contributed by atoms with Gasteiger partial charge in [0, 0.05) is 66.2 Å². The zero-order chi connectivity index (χ0) is 22.9. The number of H-pyrrole nitrogens is 1. The lowest BCUT2D eigenvalue weighted by molar-refractivity contribution is -0.147. The lowest BCUT2D eigenvalue weighted by atomic mass is 9.79. The van der Waals surface area contributed by atoms with Crippen molar-refractivity contribution in [3.63, 3.8) is 0 Å². The predicted octanol–water partition coefficient (Wildman–Crippen LogP) is 4.41. The summed E-state index contributed by atoms with van der Waals surface area (Å²) in [6, 6.07) is 4.83. The molecule has 1 aromatic carbocycles. The van der Waals surface area contributed by atoms with E-state index in [1.54, 1.807) is 6.07 Å². The van der Waals surface area contributed by atoms with Crippen LogP contribution in [0.15, 0.2) is 30.5 Å². The van der Waals surface area contributed by atoms with E-state index in [4.69, 9.17) is 5.11 Å². The molecule has 0 amide bonds. The molecule has 0 spiro atoms. The zero-order valence-corrected chi connectivity index (χ0v) is 18.2. The summed E-state index contributed by atoms with van der Waals surface area (Å²) in [6.07, 6.45) is 5.63. The van der Waals surface area contributed by atoms with Crippen molar-refractivity contribution in [2.45, 2.75) is 31.8 Å². The van der Waals surface area contributed by atoms with E-state index < -0.39 is 17.6 Å². The highest BCUT2D eigenvalue weighted by Gasteiger charge is 2.38. The highest BCUT2D eigenvalue weighted by atomic mass is 19.1. The van der Waals surface area contributed by atoms with Crippen LogP contribution in [0.25, 0.3) is 27.7 Å². The lowest BCUT2D eigenvalue weighted by Crippen LogP contribution is -2.48. The summed E-state index contributed by atoms with van der Waals surface area (Å²) in [7, 11) is 1.93. The van der Waals surface area contributed by atoms with Gasteiger partial charge in [-0.25, -0.2) is 13.8 Å². The van der Waals surface area contributed by atoms with Crippen LogP contribution < -0.4 is 4.90 Å². The Kier molecular flexibility index (Phi) is 4.55. The fourth-order valence-corrected chi connectivity index (χ4v) is 5.59. The molecule has 8 heteroatoms. The molecule has 170 valence electrons. The van der Waals surface area contributed by atoms with Gasteiger partial charge in [0.25, 0.3) is 0 Å². The average molecular weight is 450 g/mol. The molecule has 0 atom stereocenters. The summed E-state index contributed by atoms with van der Waals surface area (Å²) in [6.45, 7) is 2.17. The first-order valence-electron chi connectivity index (χ1n) is 11.3. The van der Waals surface area contributed by atoms with Crippen LogP contribution in [-0.4, -0.2) is 52.1 Å². The third-order valence-electron chi connectivity index (χ3n) is 7.45. The van der Waals surface area contributed by atoms with Crippen molar-refractivity contribution in [2.24, 2.45) is 5.92 Å². The van der Waals surface area contributed by atoms with Gasteiger partial charge in [0.1, 0.15) is 17.3 Å². The van der Waals surface area contributed by atoms with Crippen LogP contribution in [0, 0.1) is 17.6 Å². The van der Waals surface area contributed by atoms with Crippen LogP contribution in [0.1, 0.15) is 30.5 Å². The fourth-order valence-electron chi connectivity index (χ4n) is 5.59.